The number of aliphatic hydroxyl groups excluding tert-OH is 1. The summed E-state index contributed by atoms with van der Waals surface area (Å²) in [7, 11) is 1.69. The van der Waals surface area contributed by atoms with Gasteiger partial charge < -0.3 is 14.7 Å². The minimum Gasteiger partial charge on any atom is -0.390 e. The summed E-state index contributed by atoms with van der Waals surface area (Å²) in [5.41, 5.74) is 1.69. The van der Waals surface area contributed by atoms with E-state index in [1.165, 1.54) is 0 Å². The number of nitrogens with zero attached hydrogens (tertiary/aromatic N) is 2. The maximum atomic E-state index is 8.97. The first-order valence-corrected chi connectivity index (χ1v) is 6.02. The van der Waals surface area contributed by atoms with Crippen molar-refractivity contribution in [1.29, 1.82) is 0 Å². The van der Waals surface area contributed by atoms with Crippen molar-refractivity contribution in [3.05, 3.63) is 22.4 Å². The van der Waals surface area contributed by atoms with Gasteiger partial charge in [0.2, 0.25) is 0 Å². The molecule has 0 bridgehead atoms. The maximum Gasteiger partial charge on any atom is 0.129 e. The maximum absolute atomic E-state index is 8.97. The molecule has 90 valence electrons. The molecule has 0 aliphatic rings. The molecule has 16 heavy (non-hydrogen) atoms. The predicted molar refractivity (Wildman–Crippen MR) is 67.6 cm³/mol. The number of hydrogen-bond acceptors (Lipinski definition) is 4. The number of ether oxygens (including phenoxy) is 1. The van der Waals surface area contributed by atoms with Crippen molar-refractivity contribution in [2.75, 3.05) is 31.7 Å². The molecule has 5 heteroatoms. The van der Waals surface area contributed by atoms with E-state index in [9.17, 15) is 0 Å². The van der Waals surface area contributed by atoms with Crippen molar-refractivity contribution >= 4 is 21.6 Å². The van der Waals surface area contributed by atoms with E-state index in [-0.39, 0.29) is 6.61 Å². The molecule has 0 atom stereocenters. The normalized spacial score (nSPS) is 10.5. The lowest BCUT2D eigenvalue weighted by molar-refractivity contribution is 0.205. The molecule has 0 aliphatic carbocycles. The summed E-state index contributed by atoms with van der Waals surface area (Å²) >= 11 is 3.42. The van der Waals surface area contributed by atoms with E-state index in [0.717, 1.165) is 23.4 Å². The van der Waals surface area contributed by atoms with Gasteiger partial charge >= 0.3 is 0 Å². The zero-order chi connectivity index (χ0) is 12.0. The largest absolute Gasteiger partial charge is 0.390 e. The van der Waals surface area contributed by atoms with Gasteiger partial charge in [0.25, 0.3) is 0 Å². The van der Waals surface area contributed by atoms with Crippen LogP contribution in [0.4, 0.5) is 5.69 Å². The van der Waals surface area contributed by atoms with E-state index in [1.54, 1.807) is 7.11 Å². The topological polar surface area (TPSA) is 45.6 Å². The van der Waals surface area contributed by atoms with Crippen molar-refractivity contribution in [2.24, 2.45) is 0 Å². The van der Waals surface area contributed by atoms with Crippen LogP contribution >= 0.6 is 15.9 Å². The Labute approximate surface area is 104 Å². The lowest BCUT2D eigenvalue weighted by atomic mass is 10.3. The van der Waals surface area contributed by atoms with Crippen LogP contribution in [0.25, 0.3) is 0 Å². The number of anilines is 1. The third-order valence-electron chi connectivity index (χ3n) is 2.34. The van der Waals surface area contributed by atoms with Gasteiger partial charge in [0, 0.05) is 20.2 Å². The highest BCUT2D eigenvalue weighted by Gasteiger charge is 2.09. The molecular formula is C11H17BrN2O2. The lowest BCUT2D eigenvalue weighted by Crippen LogP contribution is -2.27. The molecule has 0 spiro atoms. The van der Waals surface area contributed by atoms with Gasteiger partial charge in [0.1, 0.15) is 4.60 Å². The highest BCUT2D eigenvalue weighted by Crippen LogP contribution is 2.24. The highest BCUT2D eigenvalue weighted by atomic mass is 79.9. The molecule has 0 saturated carbocycles. The number of aromatic nitrogens is 1. The Kier molecular flexibility index (Phi) is 5.73. The van der Waals surface area contributed by atoms with Gasteiger partial charge in [-0.3, -0.25) is 0 Å². The number of pyridine rings is 1. The molecule has 1 aromatic heterocycles. The van der Waals surface area contributed by atoms with E-state index in [4.69, 9.17) is 9.84 Å². The summed E-state index contributed by atoms with van der Waals surface area (Å²) in [6, 6.07) is 3.79. The van der Waals surface area contributed by atoms with Crippen LogP contribution in [-0.4, -0.2) is 36.9 Å². The Balaban J connectivity index is 2.83. The van der Waals surface area contributed by atoms with E-state index in [2.05, 4.69) is 32.7 Å². The molecule has 1 N–H and O–H groups in total. The number of methoxy groups -OCH3 is 1. The Morgan fingerprint density at radius 3 is 2.75 bits per heavy atom. The van der Waals surface area contributed by atoms with Gasteiger partial charge in [0.15, 0.2) is 0 Å². The van der Waals surface area contributed by atoms with Gasteiger partial charge in [-0.15, -0.1) is 0 Å². The monoisotopic (exact) mass is 288 g/mol. The molecule has 0 aliphatic heterocycles. The molecule has 0 aromatic carbocycles. The van der Waals surface area contributed by atoms with Crippen LogP contribution in [0.3, 0.4) is 0 Å². The molecule has 0 fully saturated rings. The number of halogens is 1. The van der Waals surface area contributed by atoms with Crippen LogP contribution < -0.4 is 4.90 Å². The van der Waals surface area contributed by atoms with E-state index < -0.39 is 0 Å². The number of likely N-dealkylation sites (N-methyl/N-ethyl adjacent to an activating group) is 1. The first-order chi connectivity index (χ1) is 7.72. The average molecular weight is 289 g/mol. The van der Waals surface area contributed by atoms with Crippen LogP contribution in [0.2, 0.25) is 0 Å². The van der Waals surface area contributed by atoms with Gasteiger partial charge in [0.05, 0.1) is 24.6 Å². The molecule has 0 radical (unpaired) electrons. The Morgan fingerprint density at radius 1 is 1.50 bits per heavy atom. The molecule has 1 heterocycles. The Hall–Kier alpha value is -0.650. The molecule has 0 unspecified atom stereocenters. The number of aliphatic hydroxyl groups is 1. The van der Waals surface area contributed by atoms with Crippen molar-refractivity contribution < 1.29 is 9.84 Å². The zero-order valence-corrected chi connectivity index (χ0v) is 11.2. The van der Waals surface area contributed by atoms with Gasteiger partial charge in [-0.05, 0) is 35.0 Å². The first kappa shape index (κ1) is 13.4. The molecule has 1 rings (SSSR count). The SMILES string of the molecule is CCN(CCOC)c1ccc(CO)nc1Br. The fraction of sp³-hybridized carbons (Fsp3) is 0.545. The van der Waals surface area contributed by atoms with Crippen LogP contribution in [0.5, 0.6) is 0 Å². The zero-order valence-electron chi connectivity index (χ0n) is 9.61. The summed E-state index contributed by atoms with van der Waals surface area (Å²) in [5.74, 6) is 0. The summed E-state index contributed by atoms with van der Waals surface area (Å²) < 4.78 is 5.82. The lowest BCUT2D eigenvalue weighted by Gasteiger charge is -2.23. The second-order valence-corrected chi connectivity index (χ2v) is 4.09. The Bertz CT molecular complexity index is 334. The van der Waals surface area contributed by atoms with Crippen molar-refractivity contribution in [3.63, 3.8) is 0 Å². The number of hydrogen-bond donors (Lipinski definition) is 1. The average Bonchev–Trinajstić information content (AvgIpc) is 2.31. The van der Waals surface area contributed by atoms with Gasteiger partial charge in [-0.2, -0.15) is 0 Å². The molecule has 0 saturated heterocycles. The van der Waals surface area contributed by atoms with Gasteiger partial charge in [-0.1, -0.05) is 0 Å². The number of rotatable bonds is 6. The molecule has 1 aromatic rings. The molecule has 0 amide bonds. The molecular weight excluding hydrogens is 272 g/mol. The second-order valence-electron chi connectivity index (χ2n) is 3.34. The van der Waals surface area contributed by atoms with E-state index >= 15 is 0 Å². The summed E-state index contributed by atoms with van der Waals surface area (Å²) in [6.07, 6.45) is 0. The summed E-state index contributed by atoms with van der Waals surface area (Å²) in [5, 5.41) is 8.97. The predicted octanol–water partition coefficient (Wildman–Crippen LogP) is 1.81. The fourth-order valence-electron chi connectivity index (χ4n) is 1.44. The van der Waals surface area contributed by atoms with Gasteiger partial charge in [-0.25, -0.2) is 4.98 Å². The first-order valence-electron chi connectivity index (χ1n) is 5.23. The minimum atomic E-state index is -0.0386. The third kappa shape index (κ3) is 3.43. The van der Waals surface area contributed by atoms with Crippen molar-refractivity contribution in [2.45, 2.75) is 13.5 Å². The minimum absolute atomic E-state index is 0.0386. The summed E-state index contributed by atoms with van der Waals surface area (Å²) in [6.45, 7) is 4.45. The van der Waals surface area contributed by atoms with Crippen LogP contribution in [-0.2, 0) is 11.3 Å². The fourth-order valence-corrected chi connectivity index (χ4v) is 2.05. The third-order valence-corrected chi connectivity index (χ3v) is 2.92. The van der Waals surface area contributed by atoms with E-state index in [1.807, 2.05) is 12.1 Å². The summed E-state index contributed by atoms with van der Waals surface area (Å²) in [4.78, 5) is 6.42. The smallest absolute Gasteiger partial charge is 0.129 e. The second kappa shape index (κ2) is 6.83. The van der Waals surface area contributed by atoms with Crippen LogP contribution in [0.15, 0.2) is 16.7 Å². The van der Waals surface area contributed by atoms with Crippen molar-refractivity contribution in [3.8, 4) is 0 Å². The Morgan fingerprint density at radius 2 is 2.25 bits per heavy atom. The molecule has 4 nitrogen and oxygen atoms in total. The van der Waals surface area contributed by atoms with E-state index in [0.29, 0.717) is 12.3 Å². The van der Waals surface area contributed by atoms with Crippen LogP contribution in [0.1, 0.15) is 12.6 Å². The standard InChI is InChI=1S/C11H17BrN2O2/c1-3-14(6-7-16-2)10-5-4-9(8-15)13-11(10)12/h4-5,15H,3,6-8H2,1-2H3. The van der Waals surface area contributed by atoms with Crippen LogP contribution in [0, 0.1) is 0 Å². The van der Waals surface area contributed by atoms with Crippen molar-refractivity contribution in [1.82, 2.24) is 4.98 Å². The quantitative estimate of drug-likeness (QED) is 0.811. The highest BCUT2D eigenvalue weighted by molar-refractivity contribution is 9.10.